The molecule has 2 N–H and O–H groups in total. The molecule has 4 nitrogen and oxygen atoms in total. The normalized spacial score (nSPS) is 17.3. The third-order valence-corrected chi connectivity index (χ3v) is 4.37. The lowest BCUT2D eigenvalue weighted by atomic mass is 10.0. The summed E-state index contributed by atoms with van der Waals surface area (Å²) in [6, 6.07) is 4.19. The van der Waals surface area contributed by atoms with E-state index in [1.54, 1.807) is 6.26 Å². The van der Waals surface area contributed by atoms with Crippen molar-refractivity contribution >= 4 is 5.91 Å². The number of hydrogen-bond acceptors (Lipinski definition) is 3. The Hall–Kier alpha value is -1.29. The van der Waals surface area contributed by atoms with E-state index in [0.29, 0.717) is 31.5 Å². The van der Waals surface area contributed by atoms with Crippen molar-refractivity contribution in [1.29, 1.82) is 0 Å². The molecule has 20 heavy (non-hydrogen) atoms. The Balaban J connectivity index is 2.02. The molecule has 0 radical (unpaired) electrons. The Bertz CT molecular complexity index is 393. The first-order chi connectivity index (χ1) is 9.74. The van der Waals surface area contributed by atoms with Gasteiger partial charge in [0.1, 0.15) is 5.76 Å². The highest BCUT2D eigenvalue weighted by atomic mass is 16.3. The van der Waals surface area contributed by atoms with Crippen molar-refractivity contribution < 1.29 is 9.21 Å². The summed E-state index contributed by atoms with van der Waals surface area (Å²) in [6.45, 7) is 3.27. The topological polar surface area (TPSA) is 59.5 Å². The second-order valence-corrected chi connectivity index (χ2v) is 5.75. The molecule has 1 fully saturated rings. The SMILES string of the molecule is CCC(CN)CC(=O)N(Cc1ccco1)C1CCCC1. The third-order valence-electron chi connectivity index (χ3n) is 4.37. The number of nitrogens with two attached hydrogens (primary N) is 1. The molecule has 4 heteroatoms. The number of carbonyl (C=O) groups excluding carboxylic acids is 1. The molecular weight excluding hydrogens is 252 g/mol. The fourth-order valence-electron chi connectivity index (χ4n) is 2.97. The molecule has 0 bridgehead atoms. The molecule has 0 saturated heterocycles. The molecule has 1 saturated carbocycles. The molecule has 1 aliphatic rings. The molecule has 2 rings (SSSR count). The fraction of sp³-hybridized carbons (Fsp3) is 0.688. The summed E-state index contributed by atoms with van der Waals surface area (Å²) in [6.07, 6.45) is 7.87. The van der Waals surface area contributed by atoms with Crippen molar-refractivity contribution in [1.82, 2.24) is 4.90 Å². The molecule has 1 unspecified atom stereocenters. The lowest BCUT2D eigenvalue weighted by Gasteiger charge is -2.29. The number of rotatable bonds is 7. The smallest absolute Gasteiger partial charge is 0.223 e. The monoisotopic (exact) mass is 278 g/mol. The van der Waals surface area contributed by atoms with Crippen LogP contribution in [0.25, 0.3) is 0 Å². The minimum Gasteiger partial charge on any atom is -0.467 e. The van der Waals surface area contributed by atoms with Crippen LogP contribution in [0.3, 0.4) is 0 Å². The van der Waals surface area contributed by atoms with Crippen LogP contribution in [0.4, 0.5) is 0 Å². The van der Waals surface area contributed by atoms with Crippen LogP contribution < -0.4 is 5.73 Å². The van der Waals surface area contributed by atoms with Gasteiger partial charge in [0, 0.05) is 12.5 Å². The predicted octanol–water partition coefficient (Wildman–Crippen LogP) is 2.93. The van der Waals surface area contributed by atoms with Crippen molar-refractivity contribution in [3.05, 3.63) is 24.2 Å². The summed E-state index contributed by atoms with van der Waals surface area (Å²) in [5.74, 6) is 1.39. The van der Waals surface area contributed by atoms with E-state index in [1.807, 2.05) is 17.0 Å². The number of carbonyl (C=O) groups is 1. The molecule has 0 spiro atoms. The summed E-state index contributed by atoms with van der Waals surface area (Å²) >= 11 is 0. The number of nitrogens with zero attached hydrogens (tertiary/aromatic N) is 1. The van der Waals surface area contributed by atoms with E-state index < -0.39 is 0 Å². The van der Waals surface area contributed by atoms with Crippen molar-refractivity contribution in [2.24, 2.45) is 11.7 Å². The van der Waals surface area contributed by atoms with Crippen molar-refractivity contribution in [3.63, 3.8) is 0 Å². The summed E-state index contributed by atoms with van der Waals surface area (Å²) in [7, 11) is 0. The Labute approximate surface area is 121 Å². The van der Waals surface area contributed by atoms with Gasteiger partial charge in [-0.1, -0.05) is 26.2 Å². The lowest BCUT2D eigenvalue weighted by molar-refractivity contribution is -0.135. The summed E-state index contributed by atoms with van der Waals surface area (Å²) in [5.41, 5.74) is 5.73. The average molecular weight is 278 g/mol. The van der Waals surface area contributed by atoms with E-state index in [1.165, 1.54) is 12.8 Å². The molecule has 1 aromatic heterocycles. The molecule has 1 aromatic rings. The van der Waals surface area contributed by atoms with Crippen LogP contribution in [0.15, 0.2) is 22.8 Å². The summed E-state index contributed by atoms with van der Waals surface area (Å²) in [4.78, 5) is 14.6. The molecular formula is C16H26N2O2. The second kappa shape index (κ2) is 7.48. The van der Waals surface area contributed by atoms with Gasteiger partial charge in [-0.3, -0.25) is 4.79 Å². The minimum atomic E-state index is 0.227. The van der Waals surface area contributed by atoms with E-state index in [-0.39, 0.29) is 5.91 Å². The Morgan fingerprint density at radius 3 is 2.80 bits per heavy atom. The van der Waals surface area contributed by atoms with Crippen molar-refractivity contribution in [3.8, 4) is 0 Å². The van der Waals surface area contributed by atoms with Crippen LogP contribution >= 0.6 is 0 Å². The highest BCUT2D eigenvalue weighted by Crippen LogP contribution is 2.26. The van der Waals surface area contributed by atoms with Gasteiger partial charge >= 0.3 is 0 Å². The van der Waals surface area contributed by atoms with Crippen LogP contribution in [0, 0.1) is 5.92 Å². The predicted molar refractivity (Wildman–Crippen MR) is 79.0 cm³/mol. The number of amides is 1. The summed E-state index contributed by atoms with van der Waals surface area (Å²) in [5, 5.41) is 0. The molecule has 112 valence electrons. The van der Waals surface area contributed by atoms with Crippen molar-refractivity contribution in [2.45, 2.75) is 58.0 Å². The van der Waals surface area contributed by atoms with E-state index in [9.17, 15) is 4.79 Å². The largest absolute Gasteiger partial charge is 0.467 e. The van der Waals surface area contributed by atoms with Gasteiger partial charge in [0.25, 0.3) is 0 Å². The molecule has 0 aliphatic heterocycles. The first-order valence-corrected chi connectivity index (χ1v) is 7.76. The van der Waals surface area contributed by atoms with E-state index >= 15 is 0 Å². The highest BCUT2D eigenvalue weighted by Gasteiger charge is 2.28. The minimum absolute atomic E-state index is 0.227. The maximum Gasteiger partial charge on any atom is 0.223 e. The zero-order valence-electron chi connectivity index (χ0n) is 12.4. The molecule has 1 aliphatic carbocycles. The van der Waals surface area contributed by atoms with Crippen LogP contribution in [0.1, 0.15) is 51.2 Å². The van der Waals surface area contributed by atoms with Gasteiger partial charge in [-0.15, -0.1) is 0 Å². The number of hydrogen-bond donors (Lipinski definition) is 1. The second-order valence-electron chi connectivity index (χ2n) is 5.75. The molecule has 1 heterocycles. The Kier molecular flexibility index (Phi) is 5.65. The van der Waals surface area contributed by atoms with Gasteiger partial charge in [0.2, 0.25) is 5.91 Å². The van der Waals surface area contributed by atoms with Crippen LogP contribution in [0.5, 0.6) is 0 Å². The maximum atomic E-state index is 12.6. The zero-order valence-corrected chi connectivity index (χ0v) is 12.4. The van der Waals surface area contributed by atoms with Gasteiger partial charge in [-0.2, -0.15) is 0 Å². The quantitative estimate of drug-likeness (QED) is 0.834. The van der Waals surface area contributed by atoms with Gasteiger partial charge in [-0.05, 0) is 37.4 Å². The Morgan fingerprint density at radius 1 is 1.50 bits per heavy atom. The van der Waals surface area contributed by atoms with Crippen molar-refractivity contribution in [2.75, 3.05) is 6.54 Å². The average Bonchev–Trinajstić information content (AvgIpc) is 3.14. The van der Waals surface area contributed by atoms with Gasteiger partial charge in [0.05, 0.1) is 12.8 Å². The highest BCUT2D eigenvalue weighted by molar-refractivity contribution is 5.76. The van der Waals surface area contributed by atoms with E-state index in [2.05, 4.69) is 6.92 Å². The molecule has 0 aromatic carbocycles. The first-order valence-electron chi connectivity index (χ1n) is 7.76. The van der Waals surface area contributed by atoms with Crippen LogP contribution in [0.2, 0.25) is 0 Å². The third kappa shape index (κ3) is 3.85. The Morgan fingerprint density at radius 2 is 2.25 bits per heavy atom. The first kappa shape index (κ1) is 15.1. The molecule has 1 atom stereocenters. The van der Waals surface area contributed by atoms with Crippen LogP contribution in [-0.4, -0.2) is 23.4 Å². The van der Waals surface area contributed by atoms with Crippen LogP contribution in [-0.2, 0) is 11.3 Å². The zero-order chi connectivity index (χ0) is 14.4. The van der Waals surface area contributed by atoms with E-state index in [4.69, 9.17) is 10.2 Å². The van der Waals surface area contributed by atoms with Gasteiger partial charge < -0.3 is 15.1 Å². The fourth-order valence-corrected chi connectivity index (χ4v) is 2.97. The maximum absolute atomic E-state index is 12.6. The summed E-state index contributed by atoms with van der Waals surface area (Å²) < 4.78 is 5.41. The lowest BCUT2D eigenvalue weighted by Crippen LogP contribution is -2.39. The number of furan rings is 1. The van der Waals surface area contributed by atoms with Gasteiger partial charge in [-0.25, -0.2) is 0 Å². The molecule has 1 amide bonds. The van der Waals surface area contributed by atoms with E-state index in [0.717, 1.165) is 25.0 Å². The standard InChI is InChI=1S/C16H26N2O2/c1-2-13(11-17)10-16(19)18(14-6-3-4-7-14)12-15-8-5-9-20-15/h5,8-9,13-14H,2-4,6-7,10-12,17H2,1H3. The van der Waals surface area contributed by atoms with Gasteiger partial charge in [0.15, 0.2) is 0 Å².